The number of rotatable bonds is 6. The summed E-state index contributed by atoms with van der Waals surface area (Å²) < 4.78 is 1.13. The first-order chi connectivity index (χ1) is 9.29. The summed E-state index contributed by atoms with van der Waals surface area (Å²) in [5.74, 6) is 0. The van der Waals surface area contributed by atoms with Crippen LogP contribution < -0.4 is 5.32 Å². The maximum Gasteiger partial charge on any atom is 0.0576 e. The molecule has 19 heavy (non-hydrogen) atoms. The van der Waals surface area contributed by atoms with E-state index in [1.807, 2.05) is 18.3 Å². The van der Waals surface area contributed by atoms with Crippen LogP contribution in [0, 0.1) is 0 Å². The molecule has 1 aromatic heterocycles. The van der Waals surface area contributed by atoms with Gasteiger partial charge < -0.3 is 5.32 Å². The van der Waals surface area contributed by atoms with E-state index in [0.717, 1.165) is 29.6 Å². The Hall–Kier alpha value is -1.19. The molecule has 1 N–H and O–H groups in total. The van der Waals surface area contributed by atoms with Crippen molar-refractivity contribution in [1.82, 2.24) is 10.3 Å². The fourth-order valence-electron chi connectivity index (χ4n) is 2.08. The monoisotopic (exact) mass is 318 g/mol. The van der Waals surface area contributed by atoms with E-state index in [1.54, 1.807) is 0 Å². The van der Waals surface area contributed by atoms with Gasteiger partial charge in [0.2, 0.25) is 0 Å². The van der Waals surface area contributed by atoms with Crippen LogP contribution in [0.5, 0.6) is 0 Å². The third-order valence-electron chi connectivity index (χ3n) is 3.01. The van der Waals surface area contributed by atoms with Gasteiger partial charge in [0.15, 0.2) is 0 Å². The predicted molar refractivity (Wildman–Crippen MR) is 83.1 cm³/mol. The van der Waals surface area contributed by atoms with Gasteiger partial charge in [0, 0.05) is 10.7 Å². The molecule has 0 bridgehead atoms. The molecule has 1 atom stereocenters. The van der Waals surface area contributed by atoms with Gasteiger partial charge in [-0.1, -0.05) is 41.1 Å². The summed E-state index contributed by atoms with van der Waals surface area (Å²) in [7, 11) is 0. The molecule has 0 saturated heterocycles. The molecule has 1 aromatic carbocycles. The SMILES string of the molecule is CCCNC(Cc1cccc(Br)c1)c1ccccn1. The Morgan fingerprint density at radius 2 is 2.11 bits per heavy atom. The molecule has 3 heteroatoms. The second kappa shape index (κ2) is 7.41. The Bertz CT molecular complexity index is 499. The largest absolute Gasteiger partial charge is 0.308 e. The first-order valence-corrected chi connectivity index (χ1v) is 7.47. The van der Waals surface area contributed by atoms with Gasteiger partial charge in [-0.15, -0.1) is 0 Å². The van der Waals surface area contributed by atoms with Crippen molar-refractivity contribution in [2.45, 2.75) is 25.8 Å². The zero-order valence-electron chi connectivity index (χ0n) is 11.1. The van der Waals surface area contributed by atoms with Crippen molar-refractivity contribution in [1.29, 1.82) is 0 Å². The molecule has 100 valence electrons. The molecule has 0 spiro atoms. The molecule has 0 aliphatic heterocycles. The Kier molecular flexibility index (Phi) is 5.55. The third-order valence-corrected chi connectivity index (χ3v) is 3.51. The molecular weight excluding hydrogens is 300 g/mol. The summed E-state index contributed by atoms with van der Waals surface area (Å²) in [5, 5.41) is 3.58. The summed E-state index contributed by atoms with van der Waals surface area (Å²) in [6.45, 7) is 3.19. The van der Waals surface area contributed by atoms with Crippen molar-refractivity contribution in [3.8, 4) is 0 Å². The Labute approximate surface area is 123 Å². The van der Waals surface area contributed by atoms with Crippen molar-refractivity contribution in [3.63, 3.8) is 0 Å². The molecule has 0 aliphatic carbocycles. The second-order valence-corrected chi connectivity index (χ2v) is 5.51. The standard InChI is InChI=1S/C16H19BrN2/c1-2-9-18-16(15-8-3-4-10-19-15)12-13-6-5-7-14(17)11-13/h3-8,10-11,16,18H,2,9,12H2,1H3. The lowest BCUT2D eigenvalue weighted by Crippen LogP contribution is -2.24. The van der Waals surface area contributed by atoms with E-state index in [-0.39, 0.29) is 6.04 Å². The molecule has 2 aromatic rings. The molecule has 2 nitrogen and oxygen atoms in total. The van der Waals surface area contributed by atoms with Crippen LogP contribution in [0.15, 0.2) is 53.1 Å². The average molecular weight is 319 g/mol. The molecule has 0 aliphatic rings. The van der Waals surface area contributed by atoms with E-state index in [4.69, 9.17) is 0 Å². The van der Waals surface area contributed by atoms with Crippen LogP contribution in [0.3, 0.4) is 0 Å². The highest BCUT2D eigenvalue weighted by molar-refractivity contribution is 9.10. The minimum absolute atomic E-state index is 0.274. The number of nitrogens with one attached hydrogen (secondary N) is 1. The first-order valence-electron chi connectivity index (χ1n) is 6.68. The topological polar surface area (TPSA) is 24.9 Å². The van der Waals surface area contributed by atoms with E-state index >= 15 is 0 Å². The van der Waals surface area contributed by atoms with E-state index in [0.29, 0.717) is 0 Å². The number of pyridine rings is 1. The third kappa shape index (κ3) is 4.44. The van der Waals surface area contributed by atoms with Crippen LogP contribution in [-0.2, 0) is 6.42 Å². The zero-order valence-corrected chi connectivity index (χ0v) is 12.7. The number of nitrogens with zero attached hydrogens (tertiary/aromatic N) is 1. The van der Waals surface area contributed by atoms with Gasteiger partial charge in [-0.3, -0.25) is 4.98 Å². The van der Waals surface area contributed by atoms with Crippen LogP contribution in [0.25, 0.3) is 0 Å². The lowest BCUT2D eigenvalue weighted by atomic mass is 10.0. The van der Waals surface area contributed by atoms with E-state index in [2.05, 4.69) is 63.5 Å². The molecule has 2 rings (SSSR count). The minimum atomic E-state index is 0.274. The van der Waals surface area contributed by atoms with E-state index < -0.39 is 0 Å². The predicted octanol–water partition coefficient (Wildman–Crippen LogP) is 4.13. The highest BCUT2D eigenvalue weighted by Gasteiger charge is 2.12. The lowest BCUT2D eigenvalue weighted by Gasteiger charge is -2.18. The van der Waals surface area contributed by atoms with Crippen LogP contribution in [-0.4, -0.2) is 11.5 Å². The van der Waals surface area contributed by atoms with E-state index in [9.17, 15) is 0 Å². The summed E-state index contributed by atoms with van der Waals surface area (Å²) >= 11 is 3.52. The minimum Gasteiger partial charge on any atom is -0.308 e. The van der Waals surface area contributed by atoms with Crippen molar-refractivity contribution < 1.29 is 0 Å². The Balaban J connectivity index is 2.14. The molecule has 0 fully saturated rings. The van der Waals surface area contributed by atoms with Crippen LogP contribution in [0.2, 0.25) is 0 Å². The molecular formula is C16H19BrN2. The van der Waals surface area contributed by atoms with Gasteiger partial charge in [0.1, 0.15) is 0 Å². The van der Waals surface area contributed by atoms with Crippen molar-refractivity contribution >= 4 is 15.9 Å². The van der Waals surface area contributed by atoms with Gasteiger partial charge in [-0.25, -0.2) is 0 Å². The normalized spacial score (nSPS) is 12.3. The summed E-state index contributed by atoms with van der Waals surface area (Å²) in [6.07, 6.45) is 3.94. The molecule has 0 radical (unpaired) electrons. The van der Waals surface area contributed by atoms with Crippen molar-refractivity contribution in [2.75, 3.05) is 6.54 Å². The Morgan fingerprint density at radius 3 is 2.79 bits per heavy atom. The Morgan fingerprint density at radius 1 is 1.21 bits per heavy atom. The van der Waals surface area contributed by atoms with Gasteiger partial charge in [-0.2, -0.15) is 0 Å². The summed E-state index contributed by atoms with van der Waals surface area (Å²) in [5.41, 5.74) is 2.42. The van der Waals surface area contributed by atoms with Gasteiger partial charge >= 0.3 is 0 Å². The average Bonchev–Trinajstić information content (AvgIpc) is 2.44. The number of halogens is 1. The second-order valence-electron chi connectivity index (χ2n) is 4.60. The van der Waals surface area contributed by atoms with Gasteiger partial charge in [-0.05, 0) is 49.2 Å². The summed E-state index contributed by atoms with van der Waals surface area (Å²) in [4.78, 5) is 4.48. The molecule has 1 unspecified atom stereocenters. The van der Waals surface area contributed by atoms with Crippen molar-refractivity contribution in [2.24, 2.45) is 0 Å². The fourth-order valence-corrected chi connectivity index (χ4v) is 2.53. The smallest absolute Gasteiger partial charge is 0.0576 e. The first kappa shape index (κ1) is 14.2. The van der Waals surface area contributed by atoms with Gasteiger partial charge in [0.25, 0.3) is 0 Å². The van der Waals surface area contributed by atoms with Crippen LogP contribution in [0.4, 0.5) is 0 Å². The molecule has 1 heterocycles. The summed E-state index contributed by atoms with van der Waals surface area (Å²) in [6, 6.07) is 14.8. The highest BCUT2D eigenvalue weighted by atomic mass is 79.9. The maximum absolute atomic E-state index is 4.48. The van der Waals surface area contributed by atoms with E-state index in [1.165, 1.54) is 5.56 Å². The lowest BCUT2D eigenvalue weighted by molar-refractivity contribution is 0.518. The number of benzene rings is 1. The van der Waals surface area contributed by atoms with Crippen LogP contribution in [0.1, 0.15) is 30.6 Å². The number of hydrogen-bond acceptors (Lipinski definition) is 2. The number of aromatic nitrogens is 1. The molecule has 0 amide bonds. The number of hydrogen-bond donors (Lipinski definition) is 1. The zero-order chi connectivity index (χ0) is 13.5. The highest BCUT2D eigenvalue weighted by Crippen LogP contribution is 2.19. The molecule has 0 saturated carbocycles. The van der Waals surface area contributed by atoms with Crippen LogP contribution >= 0.6 is 15.9 Å². The van der Waals surface area contributed by atoms with Crippen molar-refractivity contribution in [3.05, 3.63) is 64.4 Å². The quantitative estimate of drug-likeness (QED) is 0.866. The van der Waals surface area contributed by atoms with Gasteiger partial charge in [0.05, 0.1) is 11.7 Å². The maximum atomic E-state index is 4.48. The fraction of sp³-hybridized carbons (Fsp3) is 0.312.